The first-order valence-electron chi connectivity index (χ1n) is 11.8. The number of ether oxygens (including phenoxy) is 2. The quantitative estimate of drug-likeness (QED) is 0.380. The molecule has 3 aromatic carbocycles. The van der Waals surface area contributed by atoms with Gasteiger partial charge in [-0.2, -0.15) is 0 Å². The highest BCUT2D eigenvalue weighted by Crippen LogP contribution is 2.43. The minimum atomic E-state index is -0.344. The Morgan fingerprint density at radius 3 is 2.62 bits per heavy atom. The lowest BCUT2D eigenvalue weighted by atomic mass is 9.83. The molecule has 1 aromatic heterocycles. The van der Waals surface area contributed by atoms with E-state index in [1.54, 1.807) is 29.9 Å². The summed E-state index contributed by atoms with van der Waals surface area (Å²) in [6, 6.07) is 19.3. The number of phenolic OH excluding ortho intramolecular Hbond substituents is 1. The Labute approximate surface area is 225 Å². The molecule has 37 heavy (non-hydrogen) atoms. The number of hydrogen-bond donors (Lipinski definition) is 1. The first-order chi connectivity index (χ1) is 18.0. The van der Waals surface area contributed by atoms with E-state index in [0.29, 0.717) is 20.6 Å². The molecule has 0 radical (unpaired) electrons. The summed E-state index contributed by atoms with van der Waals surface area (Å²) >= 11 is 4.77. The molecule has 1 atom stereocenters. The molecule has 6 nitrogen and oxygen atoms in total. The largest absolute Gasteiger partial charge is 0.504 e. The summed E-state index contributed by atoms with van der Waals surface area (Å²) in [6.07, 6.45) is 3.38. The molecule has 0 saturated carbocycles. The Morgan fingerprint density at radius 1 is 1.05 bits per heavy atom. The highest BCUT2D eigenvalue weighted by Gasteiger charge is 2.34. The van der Waals surface area contributed by atoms with Gasteiger partial charge in [-0.05, 0) is 48.3 Å². The average Bonchev–Trinajstić information content (AvgIpc) is 3.23. The second-order valence-electron chi connectivity index (χ2n) is 8.90. The number of allylic oxidation sites excluding steroid dienone is 1. The molecule has 1 N–H and O–H groups in total. The molecular formula is C29H23BrN2O4S. The van der Waals surface area contributed by atoms with Gasteiger partial charge in [0.2, 0.25) is 0 Å². The van der Waals surface area contributed by atoms with Crippen LogP contribution in [0.1, 0.15) is 34.7 Å². The highest BCUT2D eigenvalue weighted by atomic mass is 79.9. The Balaban J connectivity index is 1.65. The predicted octanol–water partition coefficient (Wildman–Crippen LogP) is 4.80. The fourth-order valence-electron chi connectivity index (χ4n) is 5.19. The summed E-state index contributed by atoms with van der Waals surface area (Å²) in [4.78, 5) is 19.6. The van der Waals surface area contributed by atoms with Crippen LogP contribution in [-0.4, -0.2) is 23.9 Å². The molecule has 4 aromatic rings. The standard InChI is InChI=1S/C29H23BrN2O4S/c1-35-22-10-6-5-9-20(22)26-21-12-11-16-7-3-4-8-19(16)25(21)31-29-32(26)28(34)24(37-29)14-17-13-18(30)15-23(36-2)27(17)33/h3-10,13-15,26,33H,11-12H2,1-2H3/b24-14-/t26-/m0/s1. The van der Waals surface area contributed by atoms with Crippen LogP contribution in [0.25, 0.3) is 11.8 Å². The van der Waals surface area contributed by atoms with Crippen LogP contribution in [-0.2, 0) is 6.42 Å². The summed E-state index contributed by atoms with van der Waals surface area (Å²) in [5.74, 6) is 1.03. The van der Waals surface area contributed by atoms with Gasteiger partial charge in [0.15, 0.2) is 16.3 Å². The number of aryl methyl sites for hydroxylation is 1. The summed E-state index contributed by atoms with van der Waals surface area (Å²) in [6.45, 7) is 0. The van der Waals surface area contributed by atoms with Gasteiger partial charge < -0.3 is 14.6 Å². The number of aromatic hydroxyl groups is 1. The van der Waals surface area contributed by atoms with Gasteiger partial charge in [0.05, 0.1) is 30.5 Å². The smallest absolute Gasteiger partial charge is 0.271 e. The lowest BCUT2D eigenvalue weighted by Gasteiger charge is -2.31. The van der Waals surface area contributed by atoms with E-state index in [0.717, 1.165) is 45.5 Å². The van der Waals surface area contributed by atoms with Crippen molar-refractivity contribution in [3.8, 4) is 17.2 Å². The van der Waals surface area contributed by atoms with Crippen molar-refractivity contribution in [1.82, 2.24) is 4.57 Å². The van der Waals surface area contributed by atoms with E-state index < -0.39 is 0 Å². The van der Waals surface area contributed by atoms with Crippen molar-refractivity contribution in [3.63, 3.8) is 0 Å². The van der Waals surface area contributed by atoms with Gasteiger partial charge in [-0.25, -0.2) is 4.99 Å². The maximum Gasteiger partial charge on any atom is 0.271 e. The monoisotopic (exact) mass is 574 g/mol. The van der Waals surface area contributed by atoms with E-state index in [-0.39, 0.29) is 17.4 Å². The van der Waals surface area contributed by atoms with Gasteiger partial charge in [0.25, 0.3) is 5.56 Å². The van der Waals surface area contributed by atoms with Crippen LogP contribution in [0.4, 0.5) is 0 Å². The van der Waals surface area contributed by atoms with Crippen LogP contribution in [0.5, 0.6) is 17.2 Å². The number of benzene rings is 3. The van der Waals surface area contributed by atoms with Crippen LogP contribution in [0.3, 0.4) is 0 Å². The third kappa shape index (κ3) is 3.91. The molecule has 0 unspecified atom stereocenters. The van der Waals surface area contributed by atoms with E-state index in [2.05, 4.69) is 34.1 Å². The summed E-state index contributed by atoms with van der Waals surface area (Å²) in [5, 5.41) is 10.7. The number of rotatable bonds is 4. The second kappa shape index (κ2) is 9.36. The number of hydrogen-bond acceptors (Lipinski definition) is 6. The lowest BCUT2D eigenvalue weighted by Crippen LogP contribution is -2.39. The Kier molecular flexibility index (Phi) is 6.01. The zero-order valence-corrected chi connectivity index (χ0v) is 22.6. The normalized spacial score (nSPS) is 16.5. The second-order valence-corrected chi connectivity index (χ2v) is 10.8. The van der Waals surface area contributed by atoms with Gasteiger partial charge in [-0.1, -0.05) is 69.7 Å². The molecule has 6 rings (SSSR count). The number of phenols is 1. The molecule has 186 valence electrons. The van der Waals surface area contributed by atoms with Crippen LogP contribution >= 0.6 is 27.3 Å². The zero-order chi connectivity index (χ0) is 25.7. The van der Waals surface area contributed by atoms with Crippen LogP contribution in [0.15, 0.2) is 80.5 Å². The Bertz CT molecular complexity index is 1770. The van der Waals surface area contributed by atoms with E-state index in [9.17, 15) is 9.90 Å². The van der Waals surface area contributed by atoms with Gasteiger partial charge in [-0.3, -0.25) is 9.36 Å². The number of fused-ring (bicyclic) bond motifs is 3. The van der Waals surface area contributed by atoms with Gasteiger partial charge >= 0.3 is 0 Å². The molecule has 0 spiro atoms. The molecule has 8 heteroatoms. The molecule has 0 amide bonds. The fraction of sp³-hybridized carbons (Fsp3) is 0.172. The number of thiazole rings is 1. The molecule has 0 bridgehead atoms. The summed E-state index contributed by atoms with van der Waals surface area (Å²) in [5.41, 5.74) is 5.64. The zero-order valence-electron chi connectivity index (χ0n) is 20.2. The molecule has 1 aliphatic heterocycles. The van der Waals surface area contributed by atoms with Crippen molar-refractivity contribution in [3.05, 3.63) is 113 Å². The topological polar surface area (TPSA) is 73.1 Å². The first kappa shape index (κ1) is 23.8. The number of nitrogens with zero attached hydrogens (tertiary/aromatic N) is 2. The van der Waals surface area contributed by atoms with E-state index in [1.165, 1.54) is 24.0 Å². The molecule has 1 aliphatic carbocycles. The molecule has 2 heterocycles. The molecule has 2 aliphatic rings. The maximum atomic E-state index is 14.0. The van der Waals surface area contributed by atoms with Crippen LogP contribution < -0.4 is 24.4 Å². The highest BCUT2D eigenvalue weighted by molar-refractivity contribution is 9.10. The SMILES string of the molecule is COc1ccccc1[C@H]1C2=C(N=c3s/c(=C\c4cc(Br)cc(OC)c4O)c(=O)n31)c1ccccc1CC2. The van der Waals surface area contributed by atoms with Gasteiger partial charge in [-0.15, -0.1) is 0 Å². The minimum absolute atomic E-state index is 0.0222. The first-order valence-corrected chi connectivity index (χ1v) is 13.4. The van der Waals surface area contributed by atoms with Gasteiger partial charge in [0.1, 0.15) is 5.75 Å². The number of para-hydroxylation sites is 1. The fourth-order valence-corrected chi connectivity index (χ4v) is 6.64. The summed E-state index contributed by atoms with van der Waals surface area (Å²) in [7, 11) is 3.15. The minimum Gasteiger partial charge on any atom is -0.504 e. The van der Waals surface area contributed by atoms with Crippen molar-refractivity contribution < 1.29 is 14.6 Å². The third-order valence-corrected chi connectivity index (χ3v) is 8.32. The van der Waals surface area contributed by atoms with Crippen molar-refractivity contribution in [2.24, 2.45) is 4.99 Å². The maximum absolute atomic E-state index is 14.0. The molecular weight excluding hydrogens is 552 g/mol. The van der Waals surface area contributed by atoms with Crippen molar-refractivity contribution in [2.75, 3.05) is 14.2 Å². The Morgan fingerprint density at radius 2 is 1.81 bits per heavy atom. The van der Waals surface area contributed by atoms with Crippen molar-refractivity contribution in [1.29, 1.82) is 0 Å². The van der Waals surface area contributed by atoms with Crippen molar-refractivity contribution >= 4 is 39.0 Å². The number of methoxy groups -OCH3 is 2. The van der Waals surface area contributed by atoms with Crippen LogP contribution in [0, 0.1) is 0 Å². The van der Waals surface area contributed by atoms with E-state index in [1.807, 2.05) is 30.3 Å². The van der Waals surface area contributed by atoms with Crippen molar-refractivity contribution in [2.45, 2.75) is 18.9 Å². The van der Waals surface area contributed by atoms with E-state index >= 15 is 0 Å². The van der Waals surface area contributed by atoms with Gasteiger partial charge in [0, 0.05) is 21.2 Å². The summed E-state index contributed by atoms with van der Waals surface area (Å²) < 4.78 is 14.0. The predicted molar refractivity (Wildman–Crippen MR) is 148 cm³/mol. The molecule has 0 saturated heterocycles. The average molecular weight is 575 g/mol. The van der Waals surface area contributed by atoms with E-state index in [4.69, 9.17) is 14.5 Å². The molecule has 0 fully saturated rings. The van der Waals surface area contributed by atoms with Crippen LogP contribution in [0.2, 0.25) is 0 Å². The third-order valence-electron chi connectivity index (χ3n) is 6.88. The number of halogens is 1. The lowest BCUT2D eigenvalue weighted by molar-refractivity contribution is 0.372. The Hall–Kier alpha value is -3.62. The number of aromatic nitrogens is 1.